The van der Waals surface area contributed by atoms with E-state index in [4.69, 9.17) is 5.11 Å². The lowest BCUT2D eigenvalue weighted by Crippen LogP contribution is -2.41. The van der Waals surface area contributed by atoms with E-state index in [1.54, 1.807) is 20.8 Å². The summed E-state index contributed by atoms with van der Waals surface area (Å²) in [5.41, 5.74) is 1.69. The number of nitrogens with one attached hydrogen (secondary N) is 2. The Morgan fingerprint density at radius 2 is 1.76 bits per heavy atom. The van der Waals surface area contributed by atoms with E-state index >= 15 is 0 Å². The average Bonchev–Trinajstić information content (AvgIpc) is 2.37. The van der Waals surface area contributed by atoms with Crippen LogP contribution in [0.25, 0.3) is 0 Å². The maximum atomic E-state index is 11.8. The third kappa shape index (κ3) is 6.74. The van der Waals surface area contributed by atoms with Crippen molar-refractivity contribution in [2.45, 2.75) is 39.3 Å². The van der Waals surface area contributed by atoms with Gasteiger partial charge in [0, 0.05) is 24.1 Å². The summed E-state index contributed by atoms with van der Waals surface area (Å²) in [6, 6.07) is 6.86. The molecule has 0 saturated heterocycles. The predicted octanol–water partition coefficient (Wildman–Crippen LogP) is 1.31. The Morgan fingerprint density at radius 3 is 2.29 bits per heavy atom. The van der Waals surface area contributed by atoms with Gasteiger partial charge in [-0.1, -0.05) is 24.0 Å². The minimum Gasteiger partial charge on any atom is -0.395 e. The number of hydrogen-bond acceptors (Lipinski definition) is 3. The van der Waals surface area contributed by atoms with Crippen LogP contribution in [0.1, 0.15) is 44.4 Å². The van der Waals surface area contributed by atoms with Crippen LogP contribution < -0.4 is 9.44 Å². The molecular formula is C15H22N2O3S. The third-order valence-electron chi connectivity index (χ3n) is 2.60. The molecule has 1 unspecified atom stereocenters. The van der Waals surface area contributed by atoms with E-state index in [0.717, 1.165) is 11.1 Å². The van der Waals surface area contributed by atoms with Gasteiger partial charge in [-0.2, -0.15) is 17.9 Å². The third-order valence-corrected chi connectivity index (χ3v) is 4.05. The zero-order valence-electron chi connectivity index (χ0n) is 12.6. The van der Waals surface area contributed by atoms with Crippen LogP contribution >= 0.6 is 0 Å². The van der Waals surface area contributed by atoms with Gasteiger partial charge in [0.2, 0.25) is 0 Å². The average molecular weight is 310 g/mol. The van der Waals surface area contributed by atoms with Crippen molar-refractivity contribution in [2.24, 2.45) is 0 Å². The van der Waals surface area contributed by atoms with Gasteiger partial charge in [-0.3, -0.25) is 0 Å². The quantitative estimate of drug-likeness (QED) is 0.693. The topological polar surface area (TPSA) is 78.4 Å². The Bertz CT molecular complexity index is 598. The maximum Gasteiger partial charge on any atom is 0.277 e. The van der Waals surface area contributed by atoms with Crippen LogP contribution in [0.3, 0.4) is 0 Å². The van der Waals surface area contributed by atoms with Gasteiger partial charge < -0.3 is 5.11 Å². The highest BCUT2D eigenvalue weighted by atomic mass is 32.2. The van der Waals surface area contributed by atoms with Crippen LogP contribution in [0.4, 0.5) is 0 Å². The molecule has 0 saturated carbocycles. The molecule has 1 aromatic rings. The van der Waals surface area contributed by atoms with Crippen molar-refractivity contribution in [1.29, 1.82) is 0 Å². The standard InChI is InChI=1S/C15H22N2O3S/c1-12(2)16-21(19,20)17-13(3)15-9-7-14(8-10-15)6-4-5-11-18/h7-10,12-13,16-18H,5,11H2,1-3H3. The Morgan fingerprint density at radius 1 is 1.14 bits per heavy atom. The Kier molecular flexibility index (Phi) is 6.85. The lowest BCUT2D eigenvalue weighted by Gasteiger charge is -2.16. The van der Waals surface area contributed by atoms with Crippen LogP contribution in [0.15, 0.2) is 24.3 Å². The smallest absolute Gasteiger partial charge is 0.277 e. The summed E-state index contributed by atoms with van der Waals surface area (Å²) < 4.78 is 28.6. The molecule has 5 nitrogen and oxygen atoms in total. The van der Waals surface area contributed by atoms with E-state index in [1.165, 1.54) is 0 Å². The first-order valence-corrected chi connectivity index (χ1v) is 8.31. The van der Waals surface area contributed by atoms with Crippen LogP contribution in [0.5, 0.6) is 0 Å². The fourth-order valence-corrected chi connectivity index (χ4v) is 3.01. The second kappa shape index (κ2) is 8.15. The normalized spacial score (nSPS) is 12.8. The molecule has 0 radical (unpaired) electrons. The number of benzene rings is 1. The van der Waals surface area contributed by atoms with Gasteiger partial charge in [-0.15, -0.1) is 0 Å². The summed E-state index contributed by atoms with van der Waals surface area (Å²) in [6.45, 7) is 5.37. The van der Waals surface area contributed by atoms with Gasteiger partial charge >= 0.3 is 0 Å². The summed E-state index contributed by atoms with van der Waals surface area (Å²) >= 11 is 0. The summed E-state index contributed by atoms with van der Waals surface area (Å²) in [4.78, 5) is 0. The predicted molar refractivity (Wildman–Crippen MR) is 83.8 cm³/mol. The summed E-state index contributed by atoms with van der Waals surface area (Å²) in [5, 5.41) is 8.66. The molecular weight excluding hydrogens is 288 g/mol. The number of hydrogen-bond donors (Lipinski definition) is 3. The zero-order valence-corrected chi connectivity index (χ0v) is 13.4. The molecule has 0 aliphatic carbocycles. The molecule has 0 aromatic heterocycles. The van der Waals surface area contributed by atoms with Crippen LogP contribution in [0.2, 0.25) is 0 Å². The molecule has 0 bridgehead atoms. The van der Waals surface area contributed by atoms with E-state index in [9.17, 15) is 8.42 Å². The van der Waals surface area contributed by atoms with Crippen molar-refractivity contribution < 1.29 is 13.5 Å². The van der Waals surface area contributed by atoms with Crippen LogP contribution in [0, 0.1) is 11.8 Å². The Hall–Kier alpha value is -1.39. The summed E-state index contributed by atoms with van der Waals surface area (Å²) in [5.74, 6) is 5.76. The van der Waals surface area contributed by atoms with Crippen molar-refractivity contribution in [1.82, 2.24) is 9.44 Å². The van der Waals surface area contributed by atoms with Gasteiger partial charge in [0.25, 0.3) is 10.2 Å². The molecule has 116 valence electrons. The van der Waals surface area contributed by atoms with Crippen molar-refractivity contribution in [3.63, 3.8) is 0 Å². The summed E-state index contributed by atoms with van der Waals surface area (Å²) in [6.07, 6.45) is 0.443. The lowest BCUT2D eigenvalue weighted by molar-refractivity contribution is 0.305. The van der Waals surface area contributed by atoms with Gasteiger partial charge in [-0.25, -0.2) is 0 Å². The molecule has 0 spiro atoms. The number of aliphatic hydroxyl groups excluding tert-OH is 1. The highest BCUT2D eigenvalue weighted by Crippen LogP contribution is 2.13. The molecule has 6 heteroatoms. The zero-order chi connectivity index (χ0) is 15.9. The minimum atomic E-state index is -3.51. The van der Waals surface area contributed by atoms with Gasteiger partial charge in [0.1, 0.15) is 0 Å². The fraction of sp³-hybridized carbons (Fsp3) is 0.467. The molecule has 1 atom stereocenters. The monoisotopic (exact) mass is 310 g/mol. The van der Waals surface area contributed by atoms with E-state index in [1.807, 2.05) is 24.3 Å². The van der Waals surface area contributed by atoms with Crippen molar-refractivity contribution in [2.75, 3.05) is 6.61 Å². The van der Waals surface area contributed by atoms with Gasteiger partial charge in [0.15, 0.2) is 0 Å². The molecule has 0 aliphatic rings. The molecule has 3 N–H and O–H groups in total. The molecule has 1 rings (SSSR count). The molecule has 21 heavy (non-hydrogen) atoms. The largest absolute Gasteiger partial charge is 0.395 e. The van der Waals surface area contributed by atoms with Crippen molar-refractivity contribution in [3.05, 3.63) is 35.4 Å². The molecule has 0 fully saturated rings. The van der Waals surface area contributed by atoms with Crippen molar-refractivity contribution >= 4 is 10.2 Å². The maximum absolute atomic E-state index is 11.8. The molecule has 0 aliphatic heterocycles. The van der Waals surface area contributed by atoms with E-state index in [-0.39, 0.29) is 18.7 Å². The van der Waals surface area contributed by atoms with E-state index in [0.29, 0.717) is 6.42 Å². The Balaban J connectivity index is 2.72. The van der Waals surface area contributed by atoms with Crippen molar-refractivity contribution in [3.8, 4) is 11.8 Å². The first kappa shape index (κ1) is 17.7. The Labute approximate surface area is 127 Å². The fourth-order valence-electron chi connectivity index (χ4n) is 1.72. The lowest BCUT2D eigenvalue weighted by atomic mass is 10.1. The molecule has 0 amide bonds. The summed E-state index contributed by atoms with van der Waals surface area (Å²) in [7, 11) is -3.51. The van der Waals surface area contributed by atoms with E-state index in [2.05, 4.69) is 21.3 Å². The second-order valence-corrected chi connectivity index (χ2v) is 6.49. The van der Waals surface area contributed by atoms with Crippen LogP contribution in [-0.4, -0.2) is 26.2 Å². The highest BCUT2D eigenvalue weighted by molar-refractivity contribution is 7.87. The van der Waals surface area contributed by atoms with E-state index < -0.39 is 10.2 Å². The van der Waals surface area contributed by atoms with Gasteiger partial charge in [0.05, 0.1) is 6.61 Å². The number of aliphatic hydroxyl groups is 1. The van der Waals surface area contributed by atoms with Gasteiger partial charge in [-0.05, 0) is 38.5 Å². The molecule has 0 heterocycles. The minimum absolute atomic E-state index is 0.0484. The second-order valence-electron chi connectivity index (χ2n) is 5.01. The van der Waals surface area contributed by atoms with Crippen LogP contribution in [-0.2, 0) is 10.2 Å². The number of rotatable bonds is 6. The molecule has 1 aromatic carbocycles. The highest BCUT2D eigenvalue weighted by Gasteiger charge is 2.16. The first-order chi connectivity index (χ1) is 9.84. The SMILES string of the molecule is CC(C)NS(=O)(=O)NC(C)c1ccc(C#CCCO)cc1. The first-order valence-electron chi connectivity index (χ1n) is 6.83.